The number of nitrogens with one attached hydrogen (secondary N) is 1. The molecule has 0 bridgehead atoms. The fraction of sp³-hybridized carbons (Fsp3) is 0.208. The van der Waals surface area contributed by atoms with E-state index in [1.165, 1.54) is 12.1 Å². The van der Waals surface area contributed by atoms with E-state index in [1.54, 1.807) is 29.3 Å². The summed E-state index contributed by atoms with van der Waals surface area (Å²) in [6.45, 7) is 4.07. The second-order valence-corrected chi connectivity index (χ2v) is 7.43. The van der Waals surface area contributed by atoms with Gasteiger partial charge in [-0.2, -0.15) is 0 Å². The number of benzene rings is 2. The molecule has 2 heterocycles. The summed E-state index contributed by atoms with van der Waals surface area (Å²) >= 11 is 0. The molecule has 3 aromatic rings. The monoisotopic (exact) mass is 418 g/mol. The first-order valence-corrected chi connectivity index (χ1v) is 10.1. The van der Waals surface area contributed by atoms with E-state index >= 15 is 0 Å². The van der Waals surface area contributed by atoms with Gasteiger partial charge >= 0.3 is 0 Å². The van der Waals surface area contributed by atoms with Gasteiger partial charge in [-0.25, -0.2) is 9.37 Å². The van der Waals surface area contributed by atoms with Crippen LogP contribution in [0.1, 0.15) is 26.3 Å². The minimum absolute atomic E-state index is 0.0998. The van der Waals surface area contributed by atoms with E-state index in [1.807, 2.05) is 37.3 Å². The highest BCUT2D eigenvalue weighted by Gasteiger charge is 2.24. The van der Waals surface area contributed by atoms with Gasteiger partial charge in [-0.15, -0.1) is 0 Å². The average molecular weight is 418 g/mol. The van der Waals surface area contributed by atoms with E-state index in [-0.39, 0.29) is 17.4 Å². The third-order valence-electron chi connectivity index (χ3n) is 5.39. The molecule has 4 rings (SSSR count). The number of rotatable bonds is 4. The van der Waals surface area contributed by atoms with Crippen molar-refractivity contribution in [2.45, 2.75) is 6.92 Å². The lowest BCUT2D eigenvalue weighted by Crippen LogP contribution is -2.49. The van der Waals surface area contributed by atoms with E-state index in [2.05, 4.69) is 15.2 Å². The number of aromatic nitrogens is 1. The molecule has 1 saturated heterocycles. The van der Waals surface area contributed by atoms with E-state index in [9.17, 15) is 14.0 Å². The molecule has 0 radical (unpaired) electrons. The zero-order chi connectivity index (χ0) is 21.8. The van der Waals surface area contributed by atoms with E-state index in [4.69, 9.17) is 0 Å². The summed E-state index contributed by atoms with van der Waals surface area (Å²) in [6, 6.07) is 17.1. The summed E-state index contributed by atoms with van der Waals surface area (Å²) in [5.74, 6) is -0.195. The van der Waals surface area contributed by atoms with Gasteiger partial charge in [0.1, 0.15) is 11.6 Å². The molecule has 1 fully saturated rings. The second-order valence-electron chi connectivity index (χ2n) is 7.43. The van der Waals surface area contributed by atoms with Crippen molar-refractivity contribution in [2.24, 2.45) is 0 Å². The summed E-state index contributed by atoms with van der Waals surface area (Å²) in [5.41, 5.74) is 2.25. The maximum Gasteiger partial charge on any atom is 0.256 e. The minimum atomic E-state index is -0.500. The fourth-order valence-corrected chi connectivity index (χ4v) is 3.62. The molecule has 1 aliphatic heterocycles. The lowest BCUT2D eigenvalue weighted by molar-refractivity contribution is 0.0741. The molecule has 31 heavy (non-hydrogen) atoms. The summed E-state index contributed by atoms with van der Waals surface area (Å²) in [4.78, 5) is 33.2. The minimum Gasteiger partial charge on any atom is -0.353 e. The number of hydrogen-bond donors (Lipinski definition) is 1. The van der Waals surface area contributed by atoms with Crippen LogP contribution in [-0.4, -0.2) is 47.9 Å². The van der Waals surface area contributed by atoms with E-state index in [0.29, 0.717) is 37.4 Å². The predicted octanol–water partition coefficient (Wildman–Crippen LogP) is 3.74. The number of anilines is 2. The first-order chi connectivity index (χ1) is 15.0. The predicted molar refractivity (Wildman–Crippen MR) is 118 cm³/mol. The van der Waals surface area contributed by atoms with Crippen molar-refractivity contribution in [1.29, 1.82) is 0 Å². The highest BCUT2D eigenvalue weighted by molar-refractivity contribution is 6.05. The molecule has 0 atom stereocenters. The summed E-state index contributed by atoms with van der Waals surface area (Å²) in [6.07, 6.45) is 1.63. The molecule has 2 aromatic carbocycles. The Labute approximate surface area is 180 Å². The number of nitrogens with zero attached hydrogens (tertiary/aromatic N) is 3. The van der Waals surface area contributed by atoms with Gasteiger partial charge in [0.05, 0.1) is 17.4 Å². The van der Waals surface area contributed by atoms with Crippen LogP contribution in [0.25, 0.3) is 0 Å². The molecular weight excluding hydrogens is 395 g/mol. The summed E-state index contributed by atoms with van der Waals surface area (Å²) in [7, 11) is 0. The van der Waals surface area contributed by atoms with Crippen LogP contribution in [0.5, 0.6) is 0 Å². The number of aryl methyl sites for hydroxylation is 1. The van der Waals surface area contributed by atoms with Crippen LogP contribution in [0.3, 0.4) is 0 Å². The Hall–Kier alpha value is -3.74. The third kappa shape index (κ3) is 4.55. The molecule has 1 aliphatic rings. The Balaban J connectivity index is 1.35. The zero-order valence-electron chi connectivity index (χ0n) is 17.2. The van der Waals surface area contributed by atoms with Crippen molar-refractivity contribution in [3.63, 3.8) is 0 Å². The molecule has 0 aliphatic carbocycles. The van der Waals surface area contributed by atoms with Gasteiger partial charge in [-0.1, -0.05) is 30.3 Å². The Bertz CT molecular complexity index is 1090. The smallest absolute Gasteiger partial charge is 0.256 e. The third-order valence-corrected chi connectivity index (χ3v) is 5.39. The molecule has 6 nitrogen and oxygen atoms in total. The largest absolute Gasteiger partial charge is 0.353 e. The molecule has 0 unspecified atom stereocenters. The van der Waals surface area contributed by atoms with Gasteiger partial charge in [0.2, 0.25) is 0 Å². The number of pyridine rings is 1. The highest BCUT2D eigenvalue weighted by atomic mass is 19.1. The number of halogens is 1. The normalized spacial score (nSPS) is 13.7. The molecule has 1 N–H and O–H groups in total. The van der Waals surface area contributed by atoms with Crippen LogP contribution >= 0.6 is 0 Å². The topological polar surface area (TPSA) is 65.5 Å². The molecule has 158 valence electrons. The number of piperazine rings is 1. The van der Waals surface area contributed by atoms with Crippen LogP contribution in [0.2, 0.25) is 0 Å². The van der Waals surface area contributed by atoms with Crippen LogP contribution in [-0.2, 0) is 0 Å². The lowest BCUT2D eigenvalue weighted by Gasteiger charge is -2.35. The second kappa shape index (κ2) is 8.95. The van der Waals surface area contributed by atoms with Crippen molar-refractivity contribution >= 4 is 23.3 Å². The van der Waals surface area contributed by atoms with E-state index in [0.717, 1.165) is 11.4 Å². The van der Waals surface area contributed by atoms with Crippen molar-refractivity contribution in [2.75, 3.05) is 36.4 Å². The zero-order valence-corrected chi connectivity index (χ0v) is 17.2. The highest BCUT2D eigenvalue weighted by Crippen LogP contribution is 2.19. The van der Waals surface area contributed by atoms with Crippen molar-refractivity contribution in [1.82, 2.24) is 9.88 Å². The molecule has 0 spiro atoms. The number of carbonyl (C=O) groups is 2. The summed E-state index contributed by atoms with van der Waals surface area (Å²) < 4.78 is 13.9. The summed E-state index contributed by atoms with van der Waals surface area (Å²) in [5, 5.41) is 2.87. The van der Waals surface area contributed by atoms with Crippen molar-refractivity contribution in [3.05, 3.63) is 89.4 Å². The molecule has 0 saturated carbocycles. The molecular formula is C24H23FN4O2. The number of carbonyl (C=O) groups excluding carboxylic acids is 2. The number of amides is 2. The van der Waals surface area contributed by atoms with Gasteiger partial charge < -0.3 is 15.1 Å². The van der Waals surface area contributed by atoms with Crippen molar-refractivity contribution < 1.29 is 14.0 Å². The number of hydrogen-bond acceptors (Lipinski definition) is 4. The Morgan fingerprint density at radius 3 is 2.23 bits per heavy atom. The van der Waals surface area contributed by atoms with Gasteiger partial charge in [0.25, 0.3) is 11.8 Å². The fourth-order valence-electron chi connectivity index (χ4n) is 3.62. The van der Waals surface area contributed by atoms with Gasteiger partial charge in [-0.3, -0.25) is 9.59 Å². The van der Waals surface area contributed by atoms with Gasteiger partial charge in [-0.05, 0) is 42.8 Å². The van der Waals surface area contributed by atoms with Crippen LogP contribution < -0.4 is 10.2 Å². The molecule has 2 amide bonds. The maximum absolute atomic E-state index is 13.9. The Morgan fingerprint density at radius 2 is 1.58 bits per heavy atom. The first kappa shape index (κ1) is 20.5. The first-order valence-electron chi connectivity index (χ1n) is 10.1. The van der Waals surface area contributed by atoms with Crippen LogP contribution in [0.15, 0.2) is 66.9 Å². The maximum atomic E-state index is 13.9. The van der Waals surface area contributed by atoms with Crippen LogP contribution in [0, 0.1) is 12.7 Å². The Morgan fingerprint density at radius 1 is 0.903 bits per heavy atom. The van der Waals surface area contributed by atoms with Crippen molar-refractivity contribution in [3.8, 4) is 0 Å². The van der Waals surface area contributed by atoms with Gasteiger partial charge in [0.15, 0.2) is 0 Å². The quantitative estimate of drug-likeness (QED) is 0.701. The average Bonchev–Trinajstić information content (AvgIpc) is 2.80. The Kier molecular flexibility index (Phi) is 5.93. The van der Waals surface area contributed by atoms with Gasteiger partial charge in [0, 0.05) is 31.7 Å². The SMILES string of the molecule is Cc1ccccc1C(=O)Nc1ccc(N2CCN(C(=O)c3ccccc3F)CC2)nc1. The molecule has 1 aromatic heterocycles. The lowest BCUT2D eigenvalue weighted by atomic mass is 10.1. The van der Waals surface area contributed by atoms with E-state index < -0.39 is 5.82 Å². The van der Waals surface area contributed by atoms with Crippen LogP contribution in [0.4, 0.5) is 15.9 Å². The standard InChI is InChI=1S/C24H23FN4O2/c1-17-6-2-3-7-19(17)23(30)27-18-10-11-22(26-16-18)28-12-14-29(15-13-28)24(31)20-8-4-5-9-21(20)25/h2-11,16H,12-15H2,1H3,(H,27,30). The molecule has 7 heteroatoms.